The van der Waals surface area contributed by atoms with Gasteiger partial charge in [0.05, 0.1) is 23.9 Å². The summed E-state index contributed by atoms with van der Waals surface area (Å²) in [6, 6.07) is 7.24. The molecule has 1 atom stereocenters. The Hall–Kier alpha value is -1.26. The van der Waals surface area contributed by atoms with E-state index in [0.29, 0.717) is 17.8 Å². The van der Waals surface area contributed by atoms with Crippen LogP contribution in [0, 0.1) is 0 Å². The Balaban J connectivity index is 0.00000144. The van der Waals surface area contributed by atoms with Crippen molar-refractivity contribution >= 4 is 29.7 Å². The van der Waals surface area contributed by atoms with Crippen molar-refractivity contribution in [2.75, 3.05) is 17.7 Å². The van der Waals surface area contributed by atoms with Crippen molar-refractivity contribution in [3.8, 4) is 0 Å². The summed E-state index contributed by atoms with van der Waals surface area (Å²) in [7, 11) is 0. The summed E-state index contributed by atoms with van der Waals surface area (Å²) in [5, 5.41) is 2.79. The second-order valence-corrected chi connectivity index (χ2v) is 3.97. The van der Waals surface area contributed by atoms with Crippen molar-refractivity contribution in [1.29, 1.82) is 0 Å². The van der Waals surface area contributed by atoms with Crippen molar-refractivity contribution < 1.29 is 9.53 Å². The highest BCUT2D eigenvalue weighted by molar-refractivity contribution is 5.94. The Bertz CT molecular complexity index is 379. The molecule has 3 N–H and O–H groups in total. The fourth-order valence-corrected chi connectivity index (χ4v) is 1.82. The average molecular weight is 257 g/mol. The van der Waals surface area contributed by atoms with Gasteiger partial charge in [-0.25, -0.2) is 0 Å². The molecule has 1 unspecified atom stereocenters. The molecule has 1 saturated heterocycles. The zero-order valence-electron chi connectivity index (χ0n) is 9.52. The van der Waals surface area contributed by atoms with Crippen LogP contribution in [-0.2, 0) is 9.53 Å². The molecule has 1 aromatic rings. The second-order valence-electron chi connectivity index (χ2n) is 3.97. The van der Waals surface area contributed by atoms with Gasteiger partial charge in [-0.15, -0.1) is 12.4 Å². The maximum absolute atomic E-state index is 11.7. The van der Waals surface area contributed by atoms with Crippen LogP contribution >= 0.6 is 12.4 Å². The van der Waals surface area contributed by atoms with Crippen LogP contribution in [0.1, 0.15) is 19.3 Å². The molecule has 0 bridgehead atoms. The van der Waals surface area contributed by atoms with Gasteiger partial charge in [0.2, 0.25) is 5.91 Å². The Kier molecular flexibility index (Phi) is 5.25. The van der Waals surface area contributed by atoms with Gasteiger partial charge in [0.1, 0.15) is 0 Å². The lowest BCUT2D eigenvalue weighted by atomic mass is 10.1. The molecule has 0 radical (unpaired) electrons. The number of ether oxygens (including phenoxy) is 1. The summed E-state index contributed by atoms with van der Waals surface area (Å²) in [5.41, 5.74) is 6.99. The number of carbonyl (C=O) groups is 1. The van der Waals surface area contributed by atoms with E-state index in [4.69, 9.17) is 10.5 Å². The summed E-state index contributed by atoms with van der Waals surface area (Å²) >= 11 is 0. The number of nitrogens with two attached hydrogens (primary N) is 1. The zero-order chi connectivity index (χ0) is 11.4. The van der Waals surface area contributed by atoms with Gasteiger partial charge < -0.3 is 15.8 Å². The molecule has 4 nitrogen and oxygen atoms in total. The standard InChI is InChI=1S/C12H16N2O2.ClH/c13-10-5-1-2-6-11(10)14-12(15)8-9-4-3-7-16-9;/h1-2,5-6,9H,3-4,7-8,13H2,(H,14,15);1H. The number of nitrogen functional groups attached to an aromatic ring is 1. The predicted molar refractivity (Wildman–Crippen MR) is 70.3 cm³/mol. The molecule has 94 valence electrons. The molecule has 0 spiro atoms. The molecular weight excluding hydrogens is 240 g/mol. The van der Waals surface area contributed by atoms with Gasteiger partial charge in [-0.05, 0) is 25.0 Å². The second kappa shape index (κ2) is 6.47. The smallest absolute Gasteiger partial charge is 0.227 e. The molecule has 1 amide bonds. The Morgan fingerprint density at radius 2 is 2.24 bits per heavy atom. The van der Waals surface area contributed by atoms with Crippen LogP contribution in [0.25, 0.3) is 0 Å². The summed E-state index contributed by atoms with van der Waals surface area (Å²) in [6.07, 6.45) is 2.50. The number of anilines is 2. The van der Waals surface area contributed by atoms with Crippen molar-refractivity contribution in [2.24, 2.45) is 0 Å². The number of hydrogen-bond acceptors (Lipinski definition) is 3. The third-order valence-electron chi connectivity index (χ3n) is 2.67. The quantitative estimate of drug-likeness (QED) is 0.815. The number of benzene rings is 1. The third kappa shape index (κ3) is 3.91. The van der Waals surface area contributed by atoms with Crippen molar-refractivity contribution in [3.05, 3.63) is 24.3 Å². The summed E-state index contributed by atoms with van der Waals surface area (Å²) in [5.74, 6) is -0.0372. The lowest BCUT2D eigenvalue weighted by Crippen LogP contribution is -2.19. The van der Waals surface area contributed by atoms with Crippen LogP contribution in [0.5, 0.6) is 0 Å². The van der Waals surface area contributed by atoms with E-state index >= 15 is 0 Å². The van der Waals surface area contributed by atoms with Crippen LogP contribution < -0.4 is 11.1 Å². The number of carbonyl (C=O) groups excluding carboxylic acids is 1. The maximum Gasteiger partial charge on any atom is 0.227 e. The molecule has 2 rings (SSSR count). The highest BCUT2D eigenvalue weighted by atomic mass is 35.5. The lowest BCUT2D eigenvalue weighted by molar-refractivity contribution is -0.118. The number of rotatable bonds is 3. The first-order valence-corrected chi connectivity index (χ1v) is 5.51. The van der Waals surface area contributed by atoms with E-state index in [1.807, 2.05) is 12.1 Å². The fourth-order valence-electron chi connectivity index (χ4n) is 1.82. The van der Waals surface area contributed by atoms with Crippen LogP contribution in [0.3, 0.4) is 0 Å². The minimum atomic E-state index is -0.0372. The maximum atomic E-state index is 11.7. The van der Waals surface area contributed by atoms with Crippen molar-refractivity contribution in [3.63, 3.8) is 0 Å². The largest absolute Gasteiger partial charge is 0.397 e. The molecule has 1 aliphatic rings. The first kappa shape index (κ1) is 13.8. The number of para-hydroxylation sites is 2. The Morgan fingerprint density at radius 3 is 2.88 bits per heavy atom. The number of nitrogens with one attached hydrogen (secondary N) is 1. The monoisotopic (exact) mass is 256 g/mol. The number of halogens is 1. The summed E-state index contributed by atoms with van der Waals surface area (Å²) < 4.78 is 5.40. The fraction of sp³-hybridized carbons (Fsp3) is 0.417. The van der Waals surface area contributed by atoms with Gasteiger partial charge >= 0.3 is 0 Å². The minimum absolute atomic E-state index is 0. The van der Waals surface area contributed by atoms with Crippen molar-refractivity contribution in [1.82, 2.24) is 0 Å². The van der Waals surface area contributed by atoms with Crippen molar-refractivity contribution in [2.45, 2.75) is 25.4 Å². The zero-order valence-corrected chi connectivity index (χ0v) is 10.3. The van der Waals surface area contributed by atoms with Crippen LogP contribution in [0.4, 0.5) is 11.4 Å². The molecule has 1 aromatic carbocycles. The average Bonchev–Trinajstić information content (AvgIpc) is 2.74. The lowest BCUT2D eigenvalue weighted by Gasteiger charge is -2.11. The molecule has 1 aliphatic heterocycles. The highest BCUT2D eigenvalue weighted by Crippen LogP contribution is 2.19. The van der Waals surface area contributed by atoms with Crippen LogP contribution in [0.15, 0.2) is 24.3 Å². The van der Waals surface area contributed by atoms with Gasteiger partial charge in [0.25, 0.3) is 0 Å². The van der Waals surface area contributed by atoms with Gasteiger partial charge in [-0.2, -0.15) is 0 Å². The Labute approximate surface area is 107 Å². The molecule has 1 fully saturated rings. The van der Waals surface area contributed by atoms with Gasteiger partial charge in [-0.3, -0.25) is 4.79 Å². The topological polar surface area (TPSA) is 64.3 Å². The molecular formula is C12H17ClN2O2. The molecule has 0 saturated carbocycles. The molecule has 0 aliphatic carbocycles. The van der Waals surface area contributed by atoms with Crippen LogP contribution in [0.2, 0.25) is 0 Å². The Morgan fingerprint density at radius 1 is 1.47 bits per heavy atom. The van der Waals surface area contributed by atoms with E-state index in [9.17, 15) is 4.79 Å². The van der Waals surface area contributed by atoms with Crippen LogP contribution in [-0.4, -0.2) is 18.6 Å². The van der Waals surface area contributed by atoms with Gasteiger partial charge in [0, 0.05) is 6.61 Å². The summed E-state index contributed by atoms with van der Waals surface area (Å²) in [6.45, 7) is 0.769. The minimum Gasteiger partial charge on any atom is -0.397 e. The number of hydrogen-bond donors (Lipinski definition) is 2. The summed E-state index contributed by atoms with van der Waals surface area (Å²) in [4.78, 5) is 11.7. The van der Waals surface area contributed by atoms with E-state index in [0.717, 1.165) is 19.4 Å². The first-order chi connectivity index (χ1) is 7.75. The normalized spacial score (nSPS) is 18.5. The van der Waals surface area contributed by atoms with Gasteiger partial charge in [0.15, 0.2) is 0 Å². The third-order valence-corrected chi connectivity index (χ3v) is 2.67. The number of amides is 1. The molecule has 1 heterocycles. The SMILES string of the molecule is Cl.Nc1ccccc1NC(=O)CC1CCCO1. The first-order valence-electron chi connectivity index (χ1n) is 5.51. The van der Waals surface area contributed by atoms with E-state index < -0.39 is 0 Å². The van der Waals surface area contributed by atoms with E-state index in [-0.39, 0.29) is 24.4 Å². The van der Waals surface area contributed by atoms with E-state index in [2.05, 4.69) is 5.32 Å². The van der Waals surface area contributed by atoms with E-state index in [1.54, 1.807) is 12.1 Å². The van der Waals surface area contributed by atoms with E-state index in [1.165, 1.54) is 0 Å². The molecule has 17 heavy (non-hydrogen) atoms. The molecule has 0 aromatic heterocycles. The molecule has 5 heteroatoms. The van der Waals surface area contributed by atoms with Gasteiger partial charge in [-0.1, -0.05) is 12.1 Å². The predicted octanol–water partition coefficient (Wildman–Crippen LogP) is 2.20. The highest BCUT2D eigenvalue weighted by Gasteiger charge is 2.19.